The molecule has 2 aromatic heterocycles. The number of hydrogen-bond donors (Lipinski definition) is 2. The summed E-state index contributed by atoms with van der Waals surface area (Å²) < 4.78 is 1.81. The molecule has 1 fully saturated rings. The molecule has 126 valence electrons. The van der Waals surface area contributed by atoms with E-state index in [1.54, 1.807) is 16.9 Å². The summed E-state index contributed by atoms with van der Waals surface area (Å²) in [5.41, 5.74) is 6.88. The van der Waals surface area contributed by atoms with Gasteiger partial charge in [0.05, 0.1) is 23.6 Å². The van der Waals surface area contributed by atoms with Crippen LogP contribution in [0, 0.1) is 0 Å². The van der Waals surface area contributed by atoms with Crippen LogP contribution in [0.5, 0.6) is 0 Å². The Morgan fingerprint density at radius 3 is 2.75 bits per heavy atom. The van der Waals surface area contributed by atoms with Crippen molar-refractivity contribution < 1.29 is 9.59 Å². The number of carbonyl (C=O) groups is 2. The second kappa shape index (κ2) is 6.69. The van der Waals surface area contributed by atoms with Gasteiger partial charge >= 0.3 is 6.03 Å². The number of hydrogen-bond acceptors (Lipinski definition) is 4. The zero-order valence-corrected chi connectivity index (χ0v) is 13.5. The SMILES string of the molecule is Cn1nccc1C1CCCCN1C(=O)Nc1ccc(C(N)=O)nc1. The van der Waals surface area contributed by atoms with Gasteiger partial charge in [-0.05, 0) is 37.5 Å². The maximum absolute atomic E-state index is 12.7. The number of likely N-dealkylation sites (tertiary alicyclic amines) is 1. The molecular formula is C16H20N6O2. The number of primary amides is 1. The van der Waals surface area contributed by atoms with Gasteiger partial charge in [-0.1, -0.05) is 0 Å². The second-order valence-electron chi connectivity index (χ2n) is 5.81. The average Bonchev–Trinajstić information content (AvgIpc) is 3.01. The van der Waals surface area contributed by atoms with Crippen LogP contribution >= 0.6 is 0 Å². The highest BCUT2D eigenvalue weighted by Gasteiger charge is 2.29. The number of carbonyl (C=O) groups excluding carboxylic acids is 2. The molecule has 1 aliphatic rings. The topological polar surface area (TPSA) is 106 Å². The van der Waals surface area contributed by atoms with E-state index in [1.807, 2.05) is 18.0 Å². The van der Waals surface area contributed by atoms with Crippen molar-refractivity contribution >= 4 is 17.6 Å². The van der Waals surface area contributed by atoms with E-state index in [2.05, 4.69) is 15.4 Å². The summed E-state index contributed by atoms with van der Waals surface area (Å²) in [6.07, 6.45) is 6.13. The zero-order valence-electron chi connectivity index (χ0n) is 13.5. The lowest BCUT2D eigenvalue weighted by Gasteiger charge is -2.35. The van der Waals surface area contributed by atoms with Crippen molar-refractivity contribution in [1.82, 2.24) is 19.7 Å². The van der Waals surface area contributed by atoms with E-state index in [0.717, 1.165) is 25.0 Å². The minimum atomic E-state index is -0.597. The quantitative estimate of drug-likeness (QED) is 0.894. The maximum Gasteiger partial charge on any atom is 0.322 e. The molecular weight excluding hydrogens is 308 g/mol. The minimum absolute atomic E-state index is 0.00380. The van der Waals surface area contributed by atoms with Crippen LogP contribution in [-0.4, -0.2) is 38.1 Å². The summed E-state index contributed by atoms with van der Waals surface area (Å²) in [4.78, 5) is 29.5. The van der Waals surface area contributed by atoms with Crippen molar-refractivity contribution in [1.29, 1.82) is 0 Å². The van der Waals surface area contributed by atoms with Gasteiger partial charge in [0.15, 0.2) is 0 Å². The highest BCUT2D eigenvalue weighted by Crippen LogP contribution is 2.30. The molecule has 0 aromatic carbocycles. The number of nitrogens with zero attached hydrogens (tertiary/aromatic N) is 4. The first-order valence-corrected chi connectivity index (χ1v) is 7.87. The maximum atomic E-state index is 12.7. The number of piperidine rings is 1. The first-order chi connectivity index (χ1) is 11.6. The van der Waals surface area contributed by atoms with E-state index in [1.165, 1.54) is 12.3 Å². The van der Waals surface area contributed by atoms with Crippen molar-refractivity contribution in [2.24, 2.45) is 12.8 Å². The Kier molecular flexibility index (Phi) is 4.45. The molecule has 0 radical (unpaired) electrons. The molecule has 0 spiro atoms. The predicted molar refractivity (Wildman–Crippen MR) is 88.3 cm³/mol. The minimum Gasteiger partial charge on any atom is -0.364 e. The normalized spacial score (nSPS) is 17.5. The Bertz CT molecular complexity index is 739. The fraction of sp³-hybridized carbons (Fsp3) is 0.375. The number of rotatable bonds is 3. The van der Waals surface area contributed by atoms with E-state index < -0.39 is 5.91 Å². The molecule has 8 heteroatoms. The summed E-state index contributed by atoms with van der Waals surface area (Å²) in [5, 5.41) is 7.03. The molecule has 3 amide bonds. The zero-order chi connectivity index (χ0) is 17.1. The summed E-state index contributed by atoms with van der Waals surface area (Å²) in [6.45, 7) is 0.689. The molecule has 0 bridgehead atoms. The van der Waals surface area contributed by atoms with E-state index in [-0.39, 0.29) is 17.8 Å². The third-order valence-corrected chi connectivity index (χ3v) is 4.23. The number of aryl methyl sites for hydroxylation is 1. The van der Waals surface area contributed by atoms with Crippen LogP contribution in [-0.2, 0) is 7.05 Å². The second-order valence-corrected chi connectivity index (χ2v) is 5.81. The number of anilines is 1. The summed E-state index contributed by atoms with van der Waals surface area (Å²) >= 11 is 0. The Morgan fingerprint density at radius 2 is 2.12 bits per heavy atom. The molecule has 3 N–H and O–H groups in total. The molecule has 3 rings (SSSR count). The van der Waals surface area contributed by atoms with Gasteiger partial charge in [0, 0.05) is 19.8 Å². The summed E-state index contributed by atoms with van der Waals surface area (Å²) in [7, 11) is 1.88. The van der Waals surface area contributed by atoms with Crippen molar-refractivity contribution in [3.63, 3.8) is 0 Å². The van der Waals surface area contributed by atoms with E-state index >= 15 is 0 Å². The number of aromatic nitrogens is 3. The molecule has 1 unspecified atom stereocenters. The number of amides is 3. The number of urea groups is 1. The molecule has 0 aliphatic carbocycles. The lowest BCUT2D eigenvalue weighted by molar-refractivity contribution is 0.0995. The Morgan fingerprint density at radius 1 is 1.29 bits per heavy atom. The predicted octanol–water partition coefficient (Wildman–Crippen LogP) is 1.67. The van der Waals surface area contributed by atoms with E-state index in [9.17, 15) is 9.59 Å². The van der Waals surface area contributed by atoms with Crippen LogP contribution in [0.4, 0.5) is 10.5 Å². The first-order valence-electron chi connectivity index (χ1n) is 7.87. The molecule has 1 aliphatic heterocycles. The Balaban J connectivity index is 1.74. The standard InChI is InChI=1S/C16H20N6O2/c1-21-13(7-8-19-21)14-4-2-3-9-22(14)16(24)20-11-5-6-12(15(17)23)18-10-11/h5-8,10,14H,2-4,9H2,1H3,(H2,17,23)(H,20,24). The van der Waals surface area contributed by atoms with Crippen molar-refractivity contribution in [2.45, 2.75) is 25.3 Å². The average molecular weight is 328 g/mol. The molecule has 8 nitrogen and oxygen atoms in total. The third-order valence-electron chi connectivity index (χ3n) is 4.23. The molecule has 1 saturated heterocycles. The van der Waals surface area contributed by atoms with Crippen molar-refractivity contribution in [2.75, 3.05) is 11.9 Å². The highest BCUT2D eigenvalue weighted by molar-refractivity contribution is 5.92. The van der Waals surface area contributed by atoms with Crippen LogP contribution < -0.4 is 11.1 Å². The highest BCUT2D eigenvalue weighted by atomic mass is 16.2. The van der Waals surface area contributed by atoms with Crippen molar-refractivity contribution in [3.05, 3.63) is 42.0 Å². The lowest BCUT2D eigenvalue weighted by Crippen LogP contribution is -2.41. The number of pyridine rings is 1. The lowest BCUT2D eigenvalue weighted by atomic mass is 10.00. The van der Waals surface area contributed by atoms with Gasteiger partial charge in [0.25, 0.3) is 5.91 Å². The number of nitrogens with one attached hydrogen (secondary N) is 1. The summed E-state index contributed by atoms with van der Waals surface area (Å²) in [6, 6.07) is 4.87. The molecule has 2 aromatic rings. The fourth-order valence-corrected chi connectivity index (χ4v) is 3.00. The molecule has 0 saturated carbocycles. The Hall–Kier alpha value is -2.90. The van der Waals surface area contributed by atoms with Crippen LogP contribution in [0.15, 0.2) is 30.6 Å². The van der Waals surface area contributed by atoms with Gasteiger partial charge in [-0.25, -0.2) is 9.78 Å². The van der Waals surface area contributed by atoms with Gasteiger partial charge in [-0.15, -0.1) is 0 Å². The van der Waals surface area contributed by atoms with Crippen molar-refractivity contribution in [3.8, 4) is 0 Å². The van der Waals surface area contributed by atoms with Gasteiger partial charge in [-0.2, -0.15) is 5.10 Å². The van der Waals surface area contributed by atoms with Crippen LogP contribution in [0.3, 0.4) is 0 Å². The molecule has 24 heavy (non-hydrogen) atoms. The van der Waals surface area contributed by atoms with Gasteiger partial charge in [-0.3, -0.25) is 9.48 Å². The largest absolute Gasteiger partial charge is 0.364 e. The molecule has 3 heterocycles. The van der Waals surface area contributed by atoms with Crippen LogP contribution in [0.25, 0.3) is 0 Å². The van der Waals surface area contributed by atoms with Crippen LogP contribution in [0.2, 0.25) is 0 Å². The number of nitrogens with two attached hydrogens (primary N) is 1. The summed E-state index contributed by atoms with van der Waals surface area (Å²) in [5.74, 6) is -0.597. The van der Waals surface area contributed by atoms with E-state index in [0.29, 0.717) is 12.2 Å². The van der Waals surface area contributed by atoms with Gasteiger partial charge in [0.1, 0.15) is 5.69 Å². The Labute approximate surface area is 139 Å². The first kappa shape index (κ1) is 16.0. The van der Waals surface area contributed by atoms with Gasteiger partial charge in [0.2, 0.25) is 0 Å². The fourth-order valence-electron chi connectivity index (χ4n) is 3.00. The third kappa shape index (κ3) is 3.22. The molecule has 1 atom stereocenters. The monoisotopic (exact) mass is 328 g/mol. The smallest absolute Gasteiger partial charge is 0.322 e. The van der Waals surface area contributed by atoms with Gasteiger partial charge < -0.3 is 16.0 Å². The van der Waals surface area contributed by atoms with Crippen LogP contribution in [0.1, 0.15) is 41.5 Å². The van der Waals surface area contributed by atoms with E-state index in [4.69, 9.17) is 5.73 Å².